The van der Waals surface area contributed by atoms with Gasteiger partial charge in [-0.3, -0.25) is 4.79 Å². The number of rotatable bonds is 9. The van der Waals surface area contributed by atoms with Gasteiger partial charge in [0.25, 0.3) is 0 Å². The molecule has 31 heavy (non-hydrogen) atoms. The largest absolute Gasteiger partial charge is 0.378 e. The van der Waals surface area contributed by atoms with Gasteiger partial charge in [-0.05, 0) is 25.3 Å². The molecule has 1 aromatic carbocycles. The summed E-state index contributed by atoms with van der Waals surface area (Å²) in [5.41, 5.74) is 3.22. The molecule has 3 aromatic rings. The zero-order valence-corrected chi connectivity index (χ0v) is 18.8. The van der Waals surface area contributed by atoms with E-state index in [2.05, 4.69) is 62.1 Å². The van der Waals surface area contributed by atoms with Gasteiger partial charge in [0.2, 0.25) is 0 Å². The number of tetrazole rings is 1. The number of ether oxygens (including phenoxy) is 1. The molecule has 0 radical (unpaired) electrons. The van der Waals surface area contributed by atoms with E-state index in [1.54, 1.807) is 18.3 Å². The monoisotopic (exact) mass is 440 g/mol. The van der Waals surface area contributed by atoms with Gasteiger partial charge < -0.3 is 9.64 Å². The minimum Gasteiger partial charge on any atom is -0.378 e. The van der Waals surface area contributed by atoms with Gasteiger partial charge in [-0.25, -0.2) is 4.98 Å². The first kappa shape index (κ1) is 21.6. The molecular weight excluding hydrogens is 412 g/mol. The number of H-pyrrole nitrogens is 1. The van der Waals surface area contributed by atoms with Crippen molar-refractivity contribution >= 4 is 22.3 Å². The van der Waals surface area contributed by atoms with E-state index in [-0.39, 0.29) is 17.6 Å². The molecular formula is C22H28N6O2S. The second-order valence-corrected chi connectivity index (χ2v) is 8.73. The maximum atomic E-state index is 12.3. The minimum atomic E-state index is -0.114. The molecule has 9 heteroatoms. The molecule has 0 unspecified atom stereocenters. The Morgan fingerprint density at radius 2 is 2.03 bits per heavy atom. The molecule has 1 aliphatic rings. The summed E-state index contributed by atoms with van der Waals surface area (Å²) < 4.78 is 5.43. The van der Waals surface area contributed by atoms with E-state index < -0.39 is 0 Å². The lowest BCUT2D eigenvalue weighted by atomic mass is 9.81. The van der Waals surface area contributed by atoms with Crippen molar-refractivity contribution < 1.29 is 9.53 Å². The van der Waals surface area contributed by atoms with Crippen LogP contribution >= 0.6 is 11.3 Å². The Kier molecular flexibility index (Phi) is 7.03. The molecule has 4 rings (SSSR count). The first-order chi connectivity index (χ1) is 15.2. The minimum absolute atomic E-state index is 0.0887. The third-order valence-corrected chi connectivity index (χ3v) is 6.68. The number of aromatic nitrogens is 5. The van der Waals surface area contributed by atoms with Crippen LogP contribution in [0.4, 0.5) is 5.13 Å². The number of anilines is 1. The van der Waals surface area contributed by atoms with Crippen LogP contribution in [-0.2, 0) is 16.0 Å². The highest BCUT2D eigenvalue weighted by atomic mass is 32.1. The molecule has 0 aliphatic carbocycles. The Balaban J connectivity index is 1.50. The molecule has 0 bridgehead atoms. The fraction of sp³-hybridized carbons (Fsp3) is 0.500. The summed E-state index contributed by atoms with van der Waals surface area (Å²) in [5, 5.41) is 17.8. The van der Waals surface area contributed by atoms with Gasteiger partial charge in [0.05, 0.1) is 18.9 Å². The van der Waals surface area contributed by atoms with Gasteiger partial charge in [-0.1, -0.05) is 42.8 Å². The Morgan fingerprint density at radius 3 is 2.68 bits per heavy atom. The maximum absolute atomic E-state index is 12.3. The van der Waals surface area contributed by atoms with Crippen molar-refractivity contribution in [3.05, 3.63) is 41.0 Å². The lowest BCUT2D eigenvalue weighted by Crippen LogP contribution is -2.36. The molecule has 3 heterocycles. The molecule has 8 nitrogen and oxygen atoms in total. The van der Waals surface area contributed by atoms with Crippen LogP contribution in [-0.4, -0.2) is 57.7 Å². The molecule has 1 aliphatic heterocycles. The highest BCUT2D eigenvalue weighted by Crippen LogP contribution is 2.32. The van der Waals surface area contributed by atoms with Crippen LogP contribution in [0.5, 0.6) is 0 Å². The zero-order chi connectivity index (χ0) is 21.6. The van der Waals surface area contributed by atoms with Crippen molar-refractivity contribution in [3.8, 4) is 11.3 Å². The molecule has 0 spiro atoms. The highest BCUT2D eigenvalue weighted by Gasteiger charge is 2.29. The SMILES string of the molecule is CCC[C@H](C(C)=O)[C@H](Cc1ccc(-c2csc(N3CCOCC3)n2)cc1)c1nn[nH]n1. The third-order valence-electron chi connectivity index (χ3n) is 5.78. The van der Waals surface area contributed by atoms with E-state index >= 15 is 0 Å². The summed E-state index contributed by atoms with van der Waals surface area (Å²) in [6.45, 7) is 7.04. The van der Waals surface area contributed by atoms with Crippen LogP contribution in [0.15, 0.2) is 29.6 Å². The first-order valence-corrected chi connectivity index (χ1v) is 11.6. The Morgan fingerprint density at radius 1 is 1.26 bits per heavy atom. The number of benzene rings is 1. The second-order valence-electron chi connectivity index (χ2n) is 7.90. The number of aromatic amines is 1. The summed E-state index contributed by atoms with van der Waals surface area (Å²) in [5.74, 6) is 0.574. The van der Waals surface area contributed by atoms with E-state index in [4.69, 9.17) is 9.72 Å². The Hall–Kier alpha value is -2.65. The van der Waals surface area contributed by atoms with E-state index in [0.29, 0.717) is 12.2 Å². The number of nitrogens with zero attached hydrogens (tertiary/aromatic N) is 5. The number of carbonyl (C=O) groups excluding carboxylic acids is 1. The molecule has 2 atom stereocenters. The predicted molar refractivity (Wildman–Crippen MR) is 120 cm³/mol. The number of carbonyl (C=O) groups is 1. The van der Waals surface area contributed by atoms with Gasteiger partial charge >= 0.3 is 0 Å². The van der Waals surface area contributed by atoms with Gasteiger partial charge in [-0.15, -0.1) is 21.5 Å². The second kappa shape index (κ2) is 10.1. The lowest BCUT2D eigenvalue weighted by molar-refractivity contribution is -0.121. The molecule has 164 valence electrons. The van der Waals surface area contributed by atoms with Crippen LogP contribution in [0.1, 0.15) is 44.0 Å². The first-order valence-electron chi connectivity index (χ1n) is 10.8. The summed E-state index contributed by atoms with van der Waals surface area (Å²) in [4.78, 5) is 19.4. The summed E-state index contributed by atoms with van der Waals surface area (Å²) >= 11 is 1.67. The van der Waals surface area contributed by atoms with Crippen LogP contribution < -0.4 is 4.90 Å². The van der Waals surface area contributed by atoms with Crippen molar-refractivity contribution in [2.75, 3.05) is 31.2 Å². The maximum Gasteiger partial charge on any atom is 0.186 e. The van der Waals surface area contributed by atoms with Crippen molar-refractivity contribution in [2.45, 2.75) is 39.0 Å². The number of thiazole rings is 1. The van der Waals surface area contributed by atoms with E-state index in [0.717, 1.165) is 61.1 Å². The molecule has 1 N–H and O–H groups in total. The topological polar surface area (TPSA) is 96.9 Å². The van der Waals surface area contributed by atoms with E-state index in [1.807, 2.05) is 0 Å². The average molecular weight is 441 g/mol. The highest BCUT2D eigenvalue weighted by molar-refractivity contribution is 7.14. The molecule has 0 amide bonds. The van der Waals surface area contributed by atoms with Crippen LogP contribution in [0, 0.1) is 5.92 Å². The van der Waals surface area contributed by atoms with Crippen LogP contribution in [0.3, 0.4) is 0 Å². The fourth-order valence-electron chi connectivity index (χ4n) is 4.10. The molecule has 0 saturated carbocycles. The van der Waals surface area contributed by atoms with Crippen molar-refractivity contribution in [2.24, 2.45) is 5.92 Å². The lowest BCUT2D eigenvalue weighted by Gasteiger charge is -2.26. The quantitative estimate of drug-likeness (QED) is 0.544. The van der Waals surface area contributed by atoms with Gasteiger partial charge in [0.15, 0.2) is 11.0 Å². The van der Waals surface area contributed by atoms with E-state index in [1.165, 1.54) is 0 Å². The predicted octanol–water partition coefficient (Wildman–Crippen LogP) is 3.49. The molecule has 1 saturated heterocycles. The number of hydrogen-bond acceptors (Lipinski definition) is 8. The fourth-order valence-corrected chi connectivity index (χ4v) is 4.99. The van der Waals surface area contributed by atoms with Gasteiger partial charge in [-0.2, -0.15) is 5.21 Å². The number of nitrogens with one attached hydrogen (secondary N) is 1. The average Bonchev–Trinajstić information content (AvgIpc) is 3.50. The van der Waals surface area contributed by atoms with Gasteiger partial charge in [0.1, 0.15) is 5.78 Å². The van der Waals surface area contributed by atoms with Crippen LogP contribution in [0.2, 0.25) is 0 Å². The van der Waals surface area contributed by atoms with Gasteiger partial charge in [0, 0.05) is 35.9 Å². The van der Waals surface area contributed by atoms with Crippen molar-refractivity contribution in [1.29, 1.82) is 0 Å². The van der Waals surface area contributed by atoms with Crippen molar-refractivity contribution in [3.63, 3.8) is 0 Å². The summed E-state index contributed by atoms with van der Waals surface area (Å²) in [7, 11) is 0. The smallest absolute Gasteiger partial charge is 0.186 e. The van der Waals surface area contributed by atoms with E-state index in [9.17, 15) is 4.79 Å². The summed E-state index contributed by atoms with van der Waals surface area (Å²) in [6, 6.07) is 8.42. The molecule has 2 aromatic heterocycles. The third kappa shape index (κ3) is 5.16. The zero-order valence-electron chi connectivity index (χ0n) is 18.0. The standard InChI is InChI=1S/C22H28N6O2S/c1-3-4-18(15(2)29)19(21-24-26-27-25-21)13-16-5-7-17(8-6-16)20-14-31-22(23-20)28-9-11-30-12-10-28/h5-8,14,18-19H,3-4,9-13H2,1-2H3,(H,24,25,26,27)/t18-,19+/m1/s1. The number of Topliss-reactive ketones (excluding diaryl/α,β-unsaturated/α-hetero) is 1. The number of hydrogen-bond donors (Lipinski definition) is 1. The number of morpholine rings is 1. The van der Waals surface area contributed by atoms with Crippen molar-refractivity contribution in [1.82, 2.24) is 25.6 Å². The number of ketones is 1. The molecule has 1 fully saturated rings. The van der Waals surface area contributed by atoms with Crippen LogP contribution in [0.25, 0.3) is 11.3 Å². The Bertz CT molecular complexity index is 966. The normalized spacial score (nSPS) is 16.3. The Labute approximate surface area is 186 Å². The summed E-state index contributed by atoms with van der Waals surface area (Å²) in [6.07, 6.45) is 2.45.